The minimum atomic E-state index is -3.92. The molecule has 1 aromatic rings. The second-order valence-corrected chi connectivity index (χ2v) is 7.92. The summed E-state index contributed by atoms with van der Waals surface area (Å²) < 4.78 is 26.8. The number of nitro groups is 1. The summed E-state index contributed by atoms with van der Waals surface area (Å²) in [7, 11) is -3.92. The van der Waals surface area contributed by atoms with Crippen molar-refractivity contribution in [2.75, 3.05) is 26.2 Å². The standard InChI is InChI=1S/C14H18ClN3O5S/c1-10-13(15)8-12(9-14(10)18(20)21)24(22,23)17-5-3-4-16(6-7-17)11(2)19/h8-9H,3-7H2,1-2H3. The van der Waals surface area contributed by atoms with Gasteiger partial charge in [0.25, 0.3) is 5.69 Å². The van der Waals surface area contributed by atoms with E-state index >= 15 is 0 Å². The van der Waals surface area contributed by atoms with Crippen LogP contribution in [0.2, 0.25) is 5.02 Å². The summed E-state index contributed by atoms with van der Waals surface area (Å²) in [6.45, 7) is 4.06. The molecule has 1 heterocycles. The zero-order valence-corrected chi connectivity index (χ0v) is 14.9. The molecule has 0 aromatic heterocycles. The summed E-state index contributed by atoms with van der Waals surface area (Å²) in [6.07, 6.45) is 0.500. The molecule has 1 amide bonds. The highest BCUT2D eigenvalue weighted by atomic mass is 35.5. The van der Waals surface area contributed by atoms with Gasteiger partial charge in [-0.25, -0.2) is 8.42 Å². The Kier molecular flexibility index (Phi) is 5.46. The van der Waals surface area contributed by atoms with Gasteiger partial charge in [-0.05, 0) is 19.4 Å². The lowest BCUT2D eigenvalue weighted by Crippen LogP contribution is -2.36. The predicted molar refractivity (Wildman–Crippen MR) is 88.5 cm³/mol. The quantitative estimate of drug-likeness (QED) is 0.592. The van der Waals surface area contributed by atoms with Gasteiger partial charge < -0.3 is 4.90 Å². The van der Waals surface area contributed by atoms with Gasteiger partial charge in [-0.1, -0.05) is 11.6 Å². The molecule has 1 aromatic carbocycles. The SMILES string of the molecule is CC(=O)N1CCCN(S(=O)(=O)c2cc(Cl)c(C)c([N+](=O)[O-])c2)CC1. The minimum absolute atomic E-state index is 0.0305. The number of nitrogens with zero attached hydrogens (tertiary/aromatic N) is 3. The maximum atomic E-state index is 12.8. The van der Waals surface area contributed by atoms with Crippen LogP contribution >= 0.6 is 11.6 Å². The number of halogens is 1. The molecular formula is C14H18ClN3O5S. The van der Waals surface area contributed by atoms with Crippen molar-refractivity contribution in [2.24, 2.45) is 0 Å². The Hall–Kier alpha value is -1.71. The van der Waals surface area contributed by atoms with Crippen molar-refractivity contribution in [3.8, 4) is 0 Å². The molecule has 10 heteroatoms. The Labute approximate surface area is 145 Å². The van der Waals surface area contributed by atoms with Crippen LogP contribution in [0.4, 0.5) is 5.69 Å². The molecule has 0 bridgehead atoms. The highest BCUT2D eigenvalue weighted by molar-refractivity contribution is 7.89. The normalized spacial score (nSPS) is 16.7. The summed E-state index contributed by atoms with van der Waals surface area (Å²) in [5.74, 6) is -0.108. The van der Waals surface area contributed by atoms with E-state index in [0.29, 0.717) is 13.0 Å². The number of nitro benzene ring substituents is 1. The van der Waals surface area contributed by atoms with Crippen LogP contribution in [-0.2, 0) is 14.8 Å². The van der Waals surface area contributed by atoms with E-state index in [4.69, 9.17) is 11.6 Å². The van der Waals surface area contributed by atoms with Crippen molar-refractivity contribution in [2.45, 2.75) is 25.2 Å². The lowest BCUT2D eigenvalue weighted by molar-refractivity contribution is -0.385. The van der Waals surface area contributed by atoms with E-state index in [-0.39, 0.29) is 46.7 Å². The average molecular weight is 376 g/mol. The monoisotopic (exact) mass is 375 g/mol. The number of benzene rings is 1. The molecular weight excluding hydrogens is 358 g/mol. The maximum Gasteiger partial charge on any atom is 0.275 e. The molecule has 1 aliphatic rings. The summed E-state index contributed by atoms with van der Waals surface area (Å²) in [5, 5.41) is 11.1. The molecule has 0 unspecified atom stereocenters. The Bertz CT molecular complexity index is 781. The van der Waals surface area contributed by atoms with E-state index in [9.17, 15) is 23.3 Å². The zero-order chi connectivity index (χ0) is 18.1. The van der Waals surface area contributed by atoms with Gasteiger partial charge >= 0.3 is 0 Å². The predicted octanol–water partition coefficient (Wildman–Crippen LogP) is 1.80. The van der Waals surface area contributed by atoms with Crippen LogP contribution in [0.25, 0.3) is 0 Å². The van der Waals surface area contributed by atoms with Crippen LogP contribution in [0, 0.1) is 17.0 Å². The Morgan fingerprint density at radius 2 is 1.92 bits per heavy atom. The number of carbonyl (C=O) groups is 1. The summed E-state index contributed by atoms with van der Waals surface area (Å²) in [6, 6.07) is 2.26. The molecule has 24 heavy (non-hydrogen) atoms. The number of hydrogen-bond donors (Lipinski definition) is 0. The van der Waals surface area contributed by atoms with E-state index in [1.54, 1.807) is 4.90 Å². The van der Waals surface area contributed by atoms with Gasteiger partial charge in [-0.2, -0.15) is 4.31 Å². The van der Waals surface area contributed by atoms with Crippen molar-refractivity contribution in [3.63, 3.8) is 0 Å². The number of carbonyl (C=O) groups excluding carboxylic acids is 1. The summed E-state index contributed by atoms with van der Waals surface area (Å²) in [5.41, 5.74) is -0.111. The Balaban J connectivity index is 2.37. The van der Waals surface area contributed by atoms with Gasteiger partial charge in [0.05, 0.1) is 14.8 Å². The largest absolute Gasteiger partial charge is 0.342 e. The number of rotatable bonds is 3. The third kappa shape index (κ3) is 3.68. The highest BCUT2D eigenvalue weighted by Crippen LogP contribution is 2.31. The smallest absolute Gasteiger partial charge is 0.275 e. The lowest BCUT2D eigenvalue weighted by Gasteiger charge is -2.21. The van der Waals surface area contributed by atoms with Gasteiger partial charge in [-0.3, -0.25) is 14.9 Å². The Morgan fingerprint density at radius 1 is 1.25 bits per heavy atom. The maximum absolute atomic E-state index is 12.8. The molecule has 1 aliphatic heterocycles. The number of amides is 1. The van der Waals surface area contributed by atoms with E-state index in [0.717, 1.165) is 6.07 Å². The molecule has 0 spiro atoms. The first kappa shape index (κ1) is 18.6. The van der Waals surface area contributed by atoms with Crippen molar-refractivity contribution < 1.29 is 18.1 Å². The van der Waals surface area contributed by atoms with Gasteiger partial charge in [-0.15, -0.1) is 0 Å². The van der Waals surface area contributed by atoms with Gasteiger partial charge in [0.1, 0.15) is 0 Å². The van der Waals surface area contributed by atoms with Gasteiger partial charge in [0.2, 0.25) is 15.9 Å². The van der Waals surface area contributed by atoms with Crippen LogP contribution in [0.3, 0.4) is 0 Å². The average Bonchev–Trinajstić information content (AvgIpc) is 2.75. The van der Waals surface area contributed by atoms with Crippen molar-refractivity contribution >= 4 is 33.2 Å². The first-order valence-corrected chi connectivity index (χ1v) is 9.16. The van der Waals surface area contributed by atoms with Crippen molar-refractivity contribution in [1.29, 1.82) is 0 Å². The molecule has 2 rings (SSSR count). The van der Waals surface area contributed by atoms with E-state index < -0.39 is 14.9 Å². The first-order chi connectivity index (χ1) is 11.1. The minimum Gasteiger partial charge on any atom is -0.342 e. The molecule has 0 N–H and O–H groups in total. The fourth-order valence-electron chi connectivity index (χ4n) is 2.58. The fraction of sp³-hybridized carbons (Fsp3) is 0.500. The summed E-state index contributed by atoms with van der Waals surface area (Å²) >= 11 is 5.96. The van der Waals surface area contributed by atoms with Crippen LogP contribution in [0.5, 0.6) is 0 Å². The zero-order valence-electron chi connectivity index (χ0n) is 13.4. The highest BCUT2D eigenvalue weighted by Gasteiger charge is 2.30. The van der Waals surface area contributed by atoms with Crippen LogP contribution in [-0.4, -0.2) is 54.6 Å². The number of hydrogen-bond acceptors (Lipinski definition) is 5. The van der Waals surface area contributed by atoms with Crippen LogP contribution < -0.4 is 0 Å². The second kappa shape index (κ2) is 7.04. The Morgan fingerprint density at radius 3 is 2.50 bits per heavy atom. The molecule has 1 fully saturated rings. The first-order valence-electron chi connectivity index (χ1n) is 7.35. The topological polar surface area (TPSA) is 101 Å². The van der Waals surface area contributed by atoms with E-state index in [1.807, 2.05) is 0 Å². The third-order valence-electron chi connectivity index (χ3n) is 4.03. The fourth-order valence-corrected chi connectivity index (χ4v) is 4.37. The van der Waals surface area contributed by atoms with Gasteiger partial charge in [0, 0.05) is 44.7 Å². The molecule has 8 nitrogen and oxygen atoms in total. The van der Waals surface area contributed by atoms with Crippen molar-refractivity contribution in [1.82, 2.24) is 9.21 Å². The molecule has 1 saturated heterocycles. The van der Waals surface area contributed by atoms with E-state index in [1.165, 1.54) is 24.2 Å². The molecule has 0 atom stereocenters. The molecule has 132 valence electrons. The van der Waals surface area contributed by atoms with Crippen LogP contribution in [0.15, 0.2) is 17.0 Å². The molecule has 0 aliphatic carbocycles. The molecule has 0 radical (unpaired) electrons. The van der Waals surface area contributed by atoms with Crippen molar-refractivity contribution in [3.05, 3.63) is 32.8 Å². The van der Waals surface area contributed by atoms with Crippen LogP contribution in [0.1, 0.15) is 18.9 Å². The lowest BCUT2D eigenvalue weighted by atomic mass is 10.2. The third-order valence-corrected chi connectivity index (χ3v) is 6.29. The second-order valence-electron chi connectivity index (χ2n) is 5.57. The van der Waals surface area contributed by atoms with Gasteiger partial charge in [0.15, 0.2) is 0 Å². The molecule has 0 saturated carbocycles. The number of sulfonamides is 1. The summed E-state index contributed by atoms with van der Waals surface area (Å²) in [4.78, 5) is 23.3. The van der Waals surface area contributed by atoms with E-state index in [2.05, 4.69) is 0 Å².